The molecule has 1 fully saturated rings. The summed E-state index contributed by atoms with van der Waals surface area (Å²) in [7, 11) is 1.30. The van der Waals surface area contributed by atoms with E-state index >= 15 is 0 Å². The van der Waals surface area contributed by atoms with E-state index in [-0.39, 0.29) is 12.3 Å². The fourth-order valence-electron chi connectivity index (χ4n) is 2.30. The van der Waals surface area contributed by atoms with Gasteiger partial charge in [-0.15, -0.1) is 0 Å². The van der Waals surface area contributed by atoms with Gasteiger partial charge in [0, 0.05) is 35.2 Å². The van der Waals surface area contributed by atoms with Crippen molar-refractivity contribution in [2.24, 2.45) is 0 Å². The Labute approximate surface area is 133 Å². The summed E-state index contributed by atoms with van der Waals surface area (Å²) in [6, 6.07) is 4.70. The van der Waals surface area contributed by atoms with E-state index in [4.69, 9.17) is 23.2 Å². The Kier molecular flexibility index (Phi) is 5.45. The highest BCUT2D eigenvalue weighted by atomic mass is 35.5. The molecular weight excluding hydrogens is 315 g/mol. The smallest absolute Gasteiger partial charge is 0.307 e. The summed E-state index contributed by atoms with van der Waals surface area (Å²) in [6.07, 6.45) is 0.00437. The van der Waals surface area contributed by atoms with Crippen LogP contribution in [-0.2, 0) is 20.9 Å². The number of hydrogen-bond acceptors (Lipinski definition) is 4. The van der Waals surface area contributed by atoms with Crippen LogP contribution in [0.3, 0.4) is 0 Å². The summed E-state index contributed by atoms with van der Waals surface area (Å²) >= 11 is 12.3. The minimum Gasteiger partial charge on any atom is -0.469 e. The average Bonchev–Trinajstić information content (AvgIpc) is 2.46. The van der Waals surface area contributed by atoms with Crippen molar-refractivity contribution in [3.63, 3.8) is 0 Å². The quantitative estimate of drug-likeness (QED) is 0.856. The number of nitrogens with one attached hydrogen (secondary N) is 1. The molecule has 2 rings (SSSR count). The third kappa shape index (κ3) is 3.87. The van der Waals surface area contributed by atoms with Gasteiger partial charge in [0.15, 0.2) is 0 Å². The highest BCUT2D eigenvalue weighted by molar-refractivity contribution is 6.35. The molecular formula is C14H16Cl2N2O3. The number of hydrogen-bond donors (Lipinski definition) is 1. The lowest BCUT2D eigenvalue weighted by Crippen LogP contribution is -2.55. The molecule has 5 nitrogen and oxygen atoms in total. The van der Waals surface area contributed by atoms with Crippen molar-refractivity contribution in [2.45, 2.75) is 19.0 Å². The van der Waals surface area contributed by atoms with Crippen molar-refractivity contribution in [1.29, 1.82) is 0 Å². The lowest BCUT2D eigenvalue weighted by molar-refractivity contribution is -0.146. The molecule has 1 unspecified atom stereocenters. The summed E-state index contributed by atoms with van der Waals surface area (Å²) in [4.78, 5) is 25.4. The maximum atomic E-state index is 12.0. The molecule has 1 aliphatic rings. The molecule has 1 aromatic rings. The molecule has 0 bridgehead atoms. The largest absolute Gasteiger partial charge is 0.469 e. The average molecular weight is 331 g/mol. The summed E-state index contributed by atoms with van der Waals surface area (Å²) < 4.78 is 4.65. The van der Waals surface area contributed by atoms with Gasteiger partial charge in [0.05, 0.1) is 13.5 Å². The molecule has 1 N–H and O–H groups in total. The lowest BCUT2D eigenvalue weighted by Gasteiger charge is -2.34. The number of amides is 1. The SMILES string of the molecule is COC(=O)CC1C(=O)NCCN1Cc1c(Cl)cccc1Cl. The van der Waals surface area contributed by atoms with Crippen molar-refractivity contribution in [3.8, 4) is 0 Å². The van der Waals surface area contributed by atoms with Crippen molar-refractivity contribution in [3.05, 3.63) is 33.8 Å². The van der Waals surface area contributed by atoms with Crippen LogP contribution in [0.1, 0.15) is 12.0 Å². The number of benzene rings is 1. The van der Waals surface area contributed by atoms with Gasteiger partial charge in [-0.2, -0.15) is 0 Å². The Bertz CT molecular complexity index is 531. The van der Waals surface area contributed by atoms with E-state index in [1.807, 2.05) is 4.90 Å². The van der Waals surface area contributed by atoms with Crippen molar-refractivity contribution in [2.75, 3.05) is 20.2 Å². The summed E-state index contributed by atoms with van der Waals surface area (Å²) in [5.41, 5.74) is 0.755. The van der Waals surface area contributed by atoms with E-state index in [9.17, 15) is 9.59 Å². The van der Waals surface area contributed by atoms with Crippen LogP contribution in [0.15, 0.2) is 18.2 Å². The van der Waals surface area contributed by atoms with Crippen LogP contribution < -0.4 is 5.32 Å². The van der Waals surface area contributed by atoms with Gasteiger partial charge in [-0.25, -0.2) is 0 Å². The zero-order chi connectivity index (χ0) is 15.4. The molecule has 1 atom stereocenters. The van der Waals surface area contributed by atoms with Gasteiger partial charge in [-0.1, -0.05) is 29.3 Å². The summed E-state index contributed by atoms with van der Waals surface area (Å²) in [5, 5.41) is 3.85. The third-order valence-electron chi connectivity index (χ3n) is 3.45. The summed E-state index contributed by atoms with van der Waals surface area (Å²) in [5.74, 6) is -0.609. The predicted molar refractivity (Wildman–Crippen MR) is 80.3 cm³/mol. The molecule has 1 heterocycles. The van der Waals surface area contributed by atoms with Gasteiger partial charge < -0.3 is 10.1 Å². The van der Waals surface area contributed by atoms with E-state index in [1.54, 1.807) is 18.2 Å². The first-order valence-electron chi connectivity index (χ1n) is 6.54. The Morgan fingerprint density at radius 3 is 2.71 bits per heavy atom. The molecule has 114 valence electrons. The zero-order valence-corrected chi connectivity index (χ0v) is 13.1. The maximum Gasteiger partial charge on any atom is 0.307 e. The second-order valence-corrected chi connectivity index (χ2v) is 5.57. The van der Waals surface area contributed by atoms with Crippen molar-refractivity contribution < 1.29 is 14.3 Å². The lowest BCUT2D eigenvalue weighted by atomic mass is 10.1. The van der Waals surface area contributed by atoms with E-state index < -0.39 is 12.0 Å². The van der Waals surface area contributed by atoms with Crippen LogP contribution in [0.2, 0.25) is 10.0 Å². The third-order valence-corrected chi connectivity index (χ3v) is 4.16. The van der Waals surface area contributed by atoms with Gasteiger partial charge in [0.25, 0.3) is 0 Å². The fraction of sp³-hybridized carbons (Fsp3) is 0.429. The predicted octanol–water partition coefficient (Wildman–Crippen LogP) is 1.86. The zero-order valence-electron chi connectivity index (χ0n) is 11.6. The fourth-order valence-corrected chi connectivity index (χ4v) is 2.82. The number of rotatable bonds is 4. The number of methoxy groups -OCH3 is 1. The highest BCUT2D eigenvalue weighted by Crippen LogP contribution is 2.27. The molecule has 0 aromatic heterocycles. The number of nitrogens with zero attached hydrogens (tertiary/aromatic N) is 1. The number of carbonyl (C=O) groups is 2. The van der Waals surface area contributed by atoms with Crippen LogP contribution in [-0.4, -0.2) is 43.0 Å². The molecule has 1 aromatic carbocycles. The Morgan fingerprint density at radius 2 is 2.10 bits per heavy atom. The van der Waals surface area contributed by atoms with E-state index in [0.29, 0.717) is 29.7 Å². The summed E-state index contributed by atoms with van der Waals surface area (Å²) in [6.45, 7) is 1.56. The molecule has 7 heteroatoms. The standard InChI is InChI=1S/C14H16Cl2N2O3/c1-21-13(19)7-12-14(20)17-5-6-18(12)8-9-10(15)3-2-4-11(9)16/h2-4,12H,5-8H2,1H3,(H,17,20). The van der Waals surface area contributed by atoms with Gasteiger partial charge in [-0.05, 0) is 12.1 Å². The monoisotopic (exact) mass is 330 g/mol. The van der Waals surface area contributed by atoms with Crippen LogP contribution in [0.5, 0.6) is 0 Å². The molecule has 21 heavy (non-hydrogen) atoms. The first-order chi connectivity index (χ1) is 10.0. The van der Waals surface area contributed by atoms with E-state index in [0.717, 1.165) is 5.56 Å². The molecule has 1 amide bonds. The van der Waals surface area contributed by atoms with Crippen LogP contribution >= 0.6 is 23.2 Å². The van der Waals surface area contributed by atoms with Crippen LogP contribution in [0, 0.1) is 0 Å². The number of piperazine rings is 1. The molecule has 1 saturated heterocycles. The van der Waals surface area contributed by atoms with E-state index in [1.165, 1.54) is 7.11 Å². The van der Waals surface area contributed by atoms with Crippen molar-refractivity contribution >= 4 is 35.1 Å². The first-order valence-corrected chi connectivity index (χ1v) is 7.30. The van der Waals surface area contributed by atoms with Gasteiger partial charge in [0.2, 0.25) is 5.91 Å². The topological polar surface area (TPSA) is 58.6 Å². The normalized spacial score (nSPS) is 19.2. The first kappa shape index (κ1) is 16.1. The minimum atomic E-state index is -0.571. The highest BCUT2D eigenvalue weighted by Gasteiger charge is 2.32. The van der Waals surface area contributed by atoms with Gasteiger partial charge in [0.1, 0.15) is 6.04 Å². The molecule has 1 aliphatic heterocycles. The molecule has 0 spiro atoms. The number of halogens is 2. The van der Waals surface area contributed by atoms with Crippen LogP contribution in [0.4, 0.5) is 0 Å². The second kappa shape index (κ2) is 7.11. The maximum absolute atomic E-state index is 12.0. The number of carbonyl (C=O) groups excluding carboxylic acids is 2. The van der Waals surface area contributed by atoms with Crippen LogP contribution in [0.25, 0.3) is 0 Å². The van der Waals surface area contributed by atoms with Gasteiger partial charge >= 0.3 is 5.97 Å². The van der Waals surface area contributed by atoms with Gasteiger partial charge in [-0.3, -0.25) is 14.5 Å². The Balaban J connectivity index is 2.19. The molecule has 0 aliphatic carbocycles. The second-order valence-electron chi connectivity index (χ2n) is 4.76. The van der Waals surface area contributed by atoms with Crippen molar-refractivity contribution in [1.82, 2.24) is 10.2 Å². The van der Waals surface area contributed by atoms with E-state index in [2.05, 4.69) is 10.1 Å². The number of ether oxygens (including phenoxy) is 1. The molecule has 0 saturated carbocycles. The molecule has 0 radical (unpaired) electrons. The number of esters is 1. The Hall–Kier alpha value is -1.30. The minimum absolute atomic E-state index is 0.00437. The Morgan fingerprint density at radius 1 is 1.43 bits per heavy atom.